The van der Waals surface area contributed by atoms with Crippen LogP contribution in [0, 0.1) is 0 Å². The molecule has 0 saturated carbocycles. The third-order valence-electron chi connectivity index (χ3n) is 8.34. The summed E-state index contributed by atoms with van der Waals surface area (Å²) in [4.78, 5) is 25.0. The first-order chi connectivity index (χ1) is 27.6. The fraction of sp³-hybridized carbons (Fsp3) is 0.604. The van der Waals surface area contributed by atoms with Gasteiger partial charge in [-0.1, -0.05) is 149 Å². The number of nitrogens with zero attached hydrogens (tertiary/aromatic N) is 1. The number of hydrogen-bond donors (Lipinski definition) is 0. The van der Waals surface area contributed by atoms with E-state index in [-0.39, 0.29) is 32.2 Å². The summed E-state index contributed by atoms with van der Waals surface area (Å²) in [5, 5.41) is 0. The van der Waals surface area contributed by atoms with Crippen molar-refractivity contribution in [2.24, 2.45) is 0 Å². The van der Waals surface area contributed by atoms with Gasteiger partial charge >= 0.3 is 5.97 Å². The van der Waals surface area contributed by atoms with Crippen molar-refractivity contribution in [2.75, 3.05) is 54.1 Å². The van der Waals surface area contributed by atoms with E-state index in [1.807, 2.05) is 27.2 Å². The topological polar surface area (TPSA) is 94.1 Å². The standard InChI is InChI=1S/C48H80NO7P/c1-6-8-10-12-14-16-18-20-22-24-25-26-27-29-31-33-35-37-39-41-48(50)56-47(46-55-57(51,52)54-44-42-49(3,4)5)45-53-43-40-38-36-34-32-30-28-23-21-19-17-15-13-11-9-7-2/h8-11,14-17,20-23,25-26,30,32,36,38,47H,6-7,12-13,18-19,24,27-29,31,33-35,37,39-46H2,1-5H3/b10-8-,11-9-,16-14-,17-15-,22-20-,23-21-,26-25-,32-30-,38-36-. The van der Waals surface area contributed by atoms with Crippen molar-refractivity contribution in [1.82, 2.24) is 0 Å². The third-order valence-corrected chi connectivity index (χ3v) is 9.30. The van der Waals surface area contributed by atoms with Crippen molar-refractivity contribution in [2.45, 2.75) is 136 Å². The van der Waals surface area contributed by atoms with Gasteiger partial charge < -0.3 is 27.9 Å². The zero-order valence-corrected chi connectivity index (χ0v) is 37.4. The van der Waals surface area contributed by atoms with Crippen molar-refractivity contribution in [3.63, 3.8) is 0 Å². The Morgan fingerprint density at radius 2 is 0.965 bits per heavy atom. The molecule has 9 heteroatoms. The van der Waals surface area contributed by atoms with E-state index in [9.17, 15) is 14.3 Å². The fourth-order valence-electron chi connectivity index (χ4n) is 5.07. The molecular weight excluding hydrogens is 734 g/mol. The Balaban J connectivity index is 4.41. The Bertz CT molecular complexity index is 1270. The molecule has 2 atom stereocenters. The number of hydrogen-bond acceptors (Lipinski definition) is 7. The summed E-state index contributed by atoms with van der Waals surface area (Å²) in [6, 6.07) is 0. The van der Waals surface area contributed by atoms with Crippen LogP contribution < -0.4 is 4.89 Å². The lowest BCUT2D eigenvalue weighted by Crippen LogP contribution is -2.37. The Morgan fingerprint density at radius 1 is 0.544 bits per heavy atom. The molecule has 0 aliphatic carbocycles. The van der Waals surface area contributed by atoms with Gasteiger partial charge in [0.05, 0.1) is 41.0 Å². The lowest BCUT2D eigenvalue weighted by molar-refractivity contribution is -0.870. The number of phosphoric acid groups is 1. The SMILES string of the molecule is CC/C=C\C/C=C\C/C=C\C/C=C\C/C=C\CCOCC(COP(=O)([O-])OCC[N+](C)(C)C)OC(=O)CCCCCCCC/C=C\C/C=C\C/C=C\C/C=C\CC. The molecule has 0 bridgehead atoms. The average molecular weight is 814 g/mol. The monoisotopic (exact) mass is 814 g/mol. The van der Waals surface area contributed by atoms with Gasteiger partial charge in [0.2, 0.25) is 0 Å². The molecule has 0 aromatic carbocycles. The number of quaternary nitrogens is 1. The lowest BCUT2D eigenvalue weighted by atomic mass is 10.1. The minimum absolute atomic E-state index is 0.00289. The molecule has 0 aliphatic heterocycles. The highest BCUT2D eigenvalue weighted by molar-refractivity contribution is 7.45. The van der Waals surface area contributed by atoms with E-state index < -0.39 is 13.9 Å². The van der Waals surface area contributed by atoms with Crippen LogP contribution in [-0.4, -0.2) is 70.7 Å². The van der Waals surface area contributed by atoms with Gasteiger partial charge in [-0.2, -0.15) is 0 Å². The minimum Gasteiger partial charge on any atom is -0.756 e. The molecule has 0 aliphatic rings. The van der Waals surface area contributed by atoms with E-state index in [1.54, 1.807) is 0 Å². The molecule has 8 nitrogen and oxygen atoms in total. The van der Waals surface area contributed by atoms with Crippen LogP contribution in [0.4, 0.5) is 0 Å². The zero-order valence-electron chi connectivity index (χ0n) is 36.5. The highest BCUT2D eigenvalue weighted by Crippen LogP contribution is 2.38. The van der Waals surface area contributed by atoms with Crippen molar-refractivity contribution in [1.29, 1.82) is 0 Å². The van der Waals surface area contributed by atoms with Crippen LogP contribution in [0.3, 0.4) is 0 Å². The molecule has 0 N–H and O–H groups in total. The molecule has 0 amide bonds. The molecule has 324 valence electrons. The van der Waals surface area contributed by atoms with E-state index in [0.717, 1.165) is 89.9 Å². The Labute approximate surface area is 349 Å². The second kappa shape index (κ2) is 40.0. The van der Waals surface area contributed by atoms with Crippen molar-refractivity contribution in [3.8, 4) is 0 Å². The van der Waals surface area contributed by atoms with Gasteiger partial charge in [0.15, 0.2) is 0 Å². The second-order valence-electron chi connectivity index (χ2n) is 14.9. The first-order valence-electron chi connectivity index (χ1n) is 21.6. The maximum atomic E-state index is 12.7. The Kier molecular flexibility index (Phi) is 38.0. The molecule has 0 aromatic rings. The molecule has 0 radical (unpaired) electrons. The summed E-state index contributed by atoms with van der Waals surface area (Å²) >= 11 is 0. The Hall–Kier alpha value is -2.84. The average Bonchev–Trinajstić information content (AvgIpc) is 3.16. The maximum absolute atomic E-state index is 12.7. The van der Waals surface area contributed by atoms with Gasteiger partial charge in [-0.25, -0.2) is 0 Å². The largest absolute Gasteiger partial charge is 0.756 e. The number of esters is 1. The smallest absolute Gasteiger partial charge is 0.306 e. The van der Waals surface area contributed by atoms with Gasteiger partial charge in [0.25, 0.3) is 7.82 Å². The molecule has 0 aromatic heterocycles. The summed E-state index contributed by atoms with van der Waals surface area (Å²) in [5.41, 5.74) is 0. The van der Waals surface area contributed by atoms with Crippen LogP contribution >= 0.6 is 7.82 Å². The van der Waals surface area contributed by atoms with Crippen molar-refractivity contribution >= 4 is 13.8 Å². The van der Waals surface area contributed by atoms with E-state index in [0.29, 0.717) is 24.1 Å². The van der Waals surface area contributed by atoms with Crippen molar-refractivity contribution in [3.05, 3.63) is 109 Å². The van der Waals surface area contributed by atoms with Crippen LogP contribution in [-0.2, 0) is 27.9 Å². The first-order valence-corrected chi connectivity index (χ1v) is 23.1. The zero-order chi connectivity index (χ0) is 42.0. The molecular formula is C48H80NO7P. The number of ether oxygens (including phenoxy) is 2. The predicted molar refractivity (Wildman–Crippen MR) is 240 cm³/mol. The van der Waals surface area contributed by atoms with Crippen molar-refractivity contribution < 1.29 is 37.3 Å². The van der Waals surface area contributed by atoms with Crippen LogP contribution in [0.2, 0.25) is 0 Å². The fourth-order valence-corrected chi connectivity index (χ4v) is 5.80. The quantitative estimate of drug-likeness (QED) is 0.0201. The van der Waals surface area contributed by atoms with Gasteiger partial charge in [-0.15, -0.1) is 0 Å². The van der Waals surface area contributed by atoms with Gasteiger partial charge in [0.1, 0.15) is 19.3 Å². The van der Waals surface area contributed by atoms with E-state index in [1.165, 1.54) is 12.8 Å². The molecule has 0 heterocycles. The lowest BCUT2D eigenvalue weighted by Gasteiger charge is -2.28. The second-order valence-corrected chi connectivity index (χ2v) is 16.3. The normalized spacial score (nSPS) is 14.8. The minimum atomic E-state index is -4.56. The summed E-state index contributed by atoms with van der Waals surface area (Å²) in [5.74, 6) is -0.379. The van der Waals surface area contributed by atoms with Gasteiger partial charge in [-0.05, 0) is 83.5 Å². The van der Waals surface area contributed by atoms with Crippen LogP contribution in [0.1, 0.15) is 129 Å². The number of allylic oxidation sites excluding steroid dienone is 17. The number of carbonyl (C=O) groups is 1. The number of likely N-dealkylation sites (N-methyl/N-ethyl adjacent to an activating group) is 1. The summed E-state index contributed by atoms with van der Waals surface area (Å²) < 4.78 is 34.4. The number of carbonyl (C=O) groups excluding carboxylic acids is 1. The number of rotatable bonds is 38. The molecule has 2 unspecified atom stereocenters. The first kappa shape index (κ1) is 54.2. The third kappa shape index (κ3) is 44.1. The van der Waals surface area contributed by atoms with E-state index >= 15 is 0 Å². The predicted octanol–water partition coefficient (Wildman–Crippen LogP) is 12.2. The Morgan fingerprint density at radius 3 is 1.44 bits per heavy atom. The summed E-state index contributed by atoms with van der Waals surface area (Å²) in [6.07, 6.45) is 55.5. The molecule has 57 heavy (non-hydrogen) atoms. The summed E-state index contributed by atoms with van der Waals surface area (Å²) in [6.45, 7) is 4.89. The van der Waals surface area contributed by atoms with Gasteiger partial charge in [0, 0.05) is 6.42 Å². The highest BCUT2D eigenvalue weighted by atomic mass is 31.2. The van der Waals surface area contributed by atoms with Crippen LogP contribution in [0.15, 0.2) is 109 Å². The molecule has 0 saturated heterocycles. The number of phosphoric ester groups is 1. The molecule has 0 spiro atoms. The highest BCUT2D eigenvalue weighted by Gasteiger charge is 2.20. The van der Waals surface area contributed by atoms with E-state index in [4.69, 9.17) is 18.5 Å². The van der Waals surface area contributed by atoms with Crippen LogP contribution in [0.5, 0.6) is 0 Å². The van der Waals surface area contributed by atoms with Crippen LogP contribution in [0.25, 0.3) is 0 Å². The summed E-state index contributed by atoms with van der Waals surface area (Å²) in [7, 11) is 1.28. The van der Waals surface area contributed by atoms with E-state index in [2.05, 4.69) is 117 Å². The van der Waals surface area contributed by atoms with Gasteiger partial charge in [-0.3, -0.25) is 9.36 Å². The molecule has 0 fully saturated rings. The maximum Gasteiger partial charge on any atom is 0.306 e. The molecule has 0 rings (SSSR count). The number of unbranched alkanes of at least 4 members (excludes halogenated alkanes) is 6.